The zero-order valence-electron chi connectivity index (χ0n) is 11.3. The summed E-state index contributed by atoms with van der Waals surface area (Å²) in [5, 5.41) is 9.81. The first kappa shape index (κ1) is 13.9. The molecular weight excluding hydrogens is 216 g/mol. The lowest BCUT2D eigenvalue weighted by Gasteiger charge is -2.36. The highest BCUT2D eigenvalue weighted by atomic mass is 28.4. The summed E-state index contributed by atoms with van der Waals surface area (Å²) >= 11 is 0. The van der Waals surface area contributed by atoms with E-state index in [1.54, 1.807) is 0 Å². The van der Waals surface area contributed by atoms with Gasteiger partial charge < -0.3 is 9.53 Å². The first-order valence-corrected chi connectivity index (χ1v) is 9.15. The van der Waals surface area contributed by atoms with Crippen LogP contribution in [0.15, 0.2) is 11.6 Å². The number of aliphatic hydroxyl groups is 1. The van der Waals surface area contributed by atoms with Gasteiger partial charge in [0, 0.05) is 0 Å². The zero-order valence-corrected chi connectivity index (χ0v) is 12.3. The Morgan fingerprint density at radius 1 is 1.44 bits per heavy atom. The van der Waals surface area contributed by atoms with Crippen molar-refractivity contribution in [3.63, 3.8) is 0 Å². The van der Waals surface area contributed by atoms with Crippen LogP contribution in [0.3, 0.4) is 0 Å². The SMILES string of the molecule is CC(C)(C)[Si](C)(C)OCC1=CC(O)CCC1. The van der Waals surface area contributed by atoms with Crippen LogP contribution >= 0.6 is 0 Å². The molecule has 3 heteroatoms. The smallest absolute Gasteiger partial charge is 0.192 e. The average molecular weight is 242 g/mol. The lowest BCUT2D eigenvalue weighted by Crippen LogP contribution is -2.41. The molecule has 0 aromatic carbocycles. The van der Waals surface area contributed by atoms with Gasteiger partial charge in [0.05, 0.1) is 12.7 Å². The molecular formula is C13H26O2Si. The molecule has 0 aliphatic heterocycles. The summed E-state index contributed by atoms with van der Waals surface area (Å²) in [4.78, 5) is 0. The summed E-state index contributed by atoms with van der Waals surface area (Å²) in [5.74, 6) is 0. The van der Waals surface area contributed by atoms with Crippen LogP contribution in [0.1, 0.15) is 40.0 Å². The van der Waals surface area contributed by atoms with Crippen molar-refractivity contribution in [2.75, 3.05) is 6.61 Å². The Balaban J connectivity index is 2.51. The molecule has 0 spiro atoms. The molecule has 16 heavy (non-hydrogen) atoms. The van der Waals surface area contributed by atoms with Crippen LogP contribution in [0.4, 0.5) is 0 Å². The van der Waals surface area contributed by atoms with E-state index >= 15 is 0 Å². The van der Waals surface area contributed by atoms with E-state index in [2.05, 4.69) is 33.9 Å². The Hall–Kier alpha value is -0.123. The van der Waals surface area contributed by atoms with E-state index < -0.39 is 8.32 Å². The first-order valence-electron chi connectivity index (χ1n) is 6.24. The first-order chi connectivity index (χ1) is 7.22. The van der Waals surface area contributed by atoms with Gasteiger partial charge in [-0.1, -0.05) is 26.8 Å². The van der Waals surface area contributed by atoms with Gasteiger partial charge in [-0.15, -0.1) is 0 Å². The van der Waals surface area contributed by atoms with E-state index in [0.717, 1.165) is 19.3 Å². The fourth-order valence-corrected chi connectivity index (χ4v) is 2.57. The minimum atomic E-state index is -1.63. The lowest BCUT2D eigenvalue weighted by atomic mass is 9.98. The van der Waals surface area contributed by atoms with Crippen LogP contribution in [-0.2, 0) is 4.43 Å². The second-order valence-corrected chi connectivity index (χ2v) is 11.1. The Morgan fingerprint density at radius 2 is 2.06 bits per heavy atom. The predicted octanol–water partition coefficient (Wildman–Crippen LogP) is 3.48. The van der Waals surface area contributed by atoms with E-state index in [-0.39, 0.29) is 11.1 Å². The van der Waals surface area contributed by atoms with E-state index in [4.69, 9.17) is 4.43 Å². The predicted molar refractivity (Wildman–Crippen MR) is 71.1 cm³/mol. The number of hydrogen-bond donors (Lipinski definition) is 1. The van der Waals surface area contributed by atoms with Crippen LogP contribution in [0.2, 0.25) is 18.1 Å². The summed E-state index contributed by atoms with van der Waals surface area (Å²) in [6.45, 7) is 12.0. The van der Waals surface area contributed by atoms with Crippen molar-refractivity contribution in [2.45, 2.75) is 64.3 Å². The summed E-state index contributed by atoms with van der Waals surface area (Å²) in [6, 6.07) is 0. The second-order valence-electron chi connectivity index (χ2n) is 6.33. The zero-order chi connectivity index (χ0) is 12.4. The maximum atomic E-state index is 9.55. The van der Waals surface area contributed by atoms with Crippen LogP contribution in [0.25, 0.3) is 0 Å². The molecule has 94 valence electrons. The summed E-state index contributed by atoms with van der Waals surface area (Å²) in [5.41, 5.74) is 1.28. The standard InChI is InChI=1S/C13H26O2Si/c1-13(2,3)16(4,5)15-10-11-7-6-8-12(14)9-11/h9,12,14H,6-8,10H2,1-5H3. The molecule has 1 atom stereocenters. The fraction of sp³-hybridized carbons (Fsp3) is 0.846. The topological polar surface area (TPSA) is 29.5 Å². The Labute approximate surface area is 101 Å². The van der Waals surface area contributed by atoms with Crippen molar-refractivity contribution in [1.82, 2.24) is 0 Å². The highest BCUT2D eigenvalue weighted by molar-refractivity contribution is 6.74. The Kier molecular flexibility index (Phi) is 4.38. The van der Waals surface area contributed by atoms with Gasteiger partial charge in [-0.2, -0.15) is 0 Å². The normalized spacial score (nSPS) is 23.1. The quantitative estimate of drug-likeness (QED) is 0.606. The molecule has 1 N–H and O–H groups in total. The molecule has 0 heterocycles. The maximum absolute atomic E-state index is 9.55. The molecule has 0 bridgehead atoms. The van der Waals surface area contributed by atoms with Gasteiger partial charge >= 0.3 is 0 Å². The average Bonchev–Trinajstić information content (AvgIpc) is 2.13. The summed E-state index contributed by atoms with van der Waals surface area (Å²) in [7, 11) is -1.63. The summed E-state index contributed by atoms with van der Waals surface area (Å²) in [6.07, 6.45) is 4.83. The van der Waals surface area contributed by atoms with Gasteiger partial charge in [0.15, 0.2) is 8.32 Å². The van der Waals surface area contributed by atoms with Crippen molar-refractivity contribution in [2.24, 2.45) is 0 Å². The van der Waals surface area contributed by atoms with Gasteiger partial charge in [-0.3, -0.25) is 0 Å². The molecule has 0 saturated heterocycles. The molecule has 2 nitrogen and oxygen atoms in total. The molecule has 0 saturated carbocycles. The van der Waals surface area contributed by atoms with Crippen molar-refractivity contribution in [3.05, 3.63) is 11.6 Å². The van der Waals surface area contributed by atoms with Crippen molar-refractivity contribution < 1.29 is 9.53 Å². The maximum Gasteiger partial charge on any atom is 0.192 e. The van der Waals surface area contributed by atoms with Crippen molar-refractivity contribution >= 4 is 8.32 Å². The number of hydrogen-bond acceptors (Lipinski definition) is 2. The molecule has 1 unspecified atom stereocenters. The van der Waals surface area contributed by atoms with Crippen LogP contribution in [-0.4, -0.2) is 26.1 Å². The summed E-state index contributed by atoms with van der Waals surface area (Å²) < 4.78 is 6.14. The van der Waals surface area contributed by atoms with E-state index in [1.807, 2.05) is 6.08 Å². The van der Waals surface area contributed by atoms with E-state index in [9.17, 15) is 5.11 Å². The van der Waals surface area contributed by atoms with E-state index in [0.29, 0.717) is 6.61 Å². The third-order valence-electron chi connectivity index (χ3n) is 3.85. The number of rotatable bonds is 3. The fourth-order valence-electron chi connectivity index (χ4n) is 1.59. The third-order valence-corrected chi connectivity index (χ3v) is 8.33. The van der Waals surface area contributed by atoms with Crippen LogP contribution < -0.4 is 0 Å². The third kappa shape index (κ3) is 3.72. The molecule has 0 radical (unpaired) electrons. The van der Waals surface area contributed by atoms with E-state index in [1.165, 1.54) is 5.57 Å². The monoisotopic (exact) mass is 242 g/mol. The van der Waals surface area contributed by atoms with Gasteiger partial charge in [0.25, 0.3) is 0 Å². The molecule has 1 rings (SSSR count). The van der Waals surface area contributed by atoms with Gasteiger partial charge in [-0.05, 0) is 43.0 Å². The molecule has 0 amide bonds. The van der Waals surface area contributed by atoms with Crippen LogP contribution in [0.5, 0.6) is 0 Å². The molecule has 1 aliphatic rings. The van der Waals surface area contributed by atoms with Gasteiger partial charge in [-0.25, -0.2) is 0 Å². The van der Waals surface area contributed by atoms with Gasteiger partial charge in [0.2, 0.25) is 0 Å². The second kappa shape index (κ2) is 5.03. The van der Waals surface area contributed by atoms with Crippen LogP contribution in [0, 0.1) is 0 Å². The molecule has 0 aromatic rings. The highest BCUT2D eigenvalue weighted by Gasteiger charge is 2.37. The van der Waals surface area contributed by atoms with Gasteiger partial charge in [0.1, 0.15) is 0 Å². The molecule has 0 fully saturated rings. The highest BCUT2D eigenvalue weighted by Crippen LogP contribution is 2.37. The lowest BCUT2D eigenvalue weighted by molar-refractivity contribution is 0.197. The Morgan fingerprint density at radius 3 is 2.56 bits per heavy atom. The molecule has 0 aromatic heterocycles. The van der Waals surface area contributed by atoms with Crippen molar-refractivity contribution in [3.8, 4) is 0 Å². The minimum absolute atomic E-state index is 0.244. The molecule has 1 aliphatic carbocycles. The Bertz CT molecular complexity index is 264. The van der Waals surface area contributed by atoms with Crippen molar-refractivity contribution in [1.29, 1.82) is 0 Å². The largest absolute Gasteiger partial charge is 0.413 e. The number of aliphatic hydroxyl groups excluding tert-OH is 1. The minimum Gasteiger partial charge on any atom is -0.413 e.